The number of piperidine rings is 1. The van der Waals surface area contributed by atoms with Gasteiger partial charge in [-0.25, -0.2) is 17.2 Å². The van der Waals surface area contributed by atoms with E-state index in [9.17, 15) is 39.6 Å². The Hall–Kier alpha value is -3.10. The number of ether oxygens (including phenoxy) is 2. The Morgan fingerprint density at radius 1 is 0.933 bits per heavy atom. The Labute approximate surface area is 254 Å². The van der Waals surface area contributed by atoms with Crippen LogP contribution >= 0.6 is 0 Å². The molecule has 2 fully saturated rings. The molecule has 0 bridgehead atoms. The molecule has 2 heterocycles. The van der Waals surface area contributed by atoms with E-state index < -0.39 is 68.1 Å². The van der Waals surface area contributed by atoms with Crippen LogP contribution in [0.2, 0.25) is 0 Å². The number of hydrogen-bond acceptors (Lipinski definition) is 5. The average molecular weight is 670 g/mol. The van der Waals surface area contributed by atoms with Crippen molar-refractivity contribution in [1.82, 2.24) is 4.90 Å². The second-order valence-electron chi connectivity index (χ2n) is 11.6. The predicted molar refractivity (Wildman–Crippen MR) is 145 cm³/mol. The number of alkyl halides is 8. The third-order valence-electron chi connectivity index (χ3n) is 9.09. The maximum atomic E-state index is 16.0. The molecule has 3 aliphatic rings. The lowest BCUT2D eigenvalue weighted by molar-refractivity contribution is -0.348. The SMILES string of the molecule is CCOc1ccc(S(=O)(=O)C23CCCN(C(=O)C4(F)CCCCC4)C2COc2cc(C(F)(C(F)(F)F)C(F)(F)F)ccc23)cc1. The number of halogens is 8. The van der Waals surface area contributed by atoms with Crippen molar-refractivity contribution in [2.75, 3.05) is 19.8 Å². The van der Waals surface area contributed by atoms with Gasteiger partial charge in [0.25, 0.3) is 5.91 Å². The van der Waals surface area contributed by atoms with Crippen molar-refractivity contribution >= 4 is 15.7 Å². The number of sulfone groups is 1. The van der Waals surface area contributed by atoms with Crippen LogP contribution in [0, 0.1) is 0 Å². The molecule has 1 aliphatic carbocycles. The molecule has 0 aromatic heterocycles. The fourth-order valence-electron chi connectivity index (χ4n) is 6.86. The van der Waals surface area contributed by atoms with Crippen molar-refractivity contribution in [3.63, 3.8) is 0 Å². The van der Waals surface area contributed by atoms with Crippen molar-refractivity contribution < 1.29 is 57.8 Å². The quantitative estimate of drug-likeness (QED) is 0.307. The molecule has 2 aliphatic heterocycles. The minimum absolute atomic E-state index is 0.00786. The van der Waals surface area contributed by atoms with Gasteiger partial charge in [0.05, 0.1) is 17.5 Å². The molecule has 2 unspecified atom stereocenters. The second-order valence-corrected chi connectivity index (χ2v) is 13.8. The molecule has 1 saturated heterocycles. The Kier molecular flexibility index (Phi) is 8.36. The van der Waals surface area contributed by atoms with Crippen molar-refractivity contribution in [2.45, 2.75) is 91.2 Å². The van der Waals surface area contributed by atoms with Crippen LogP contribution in [0.4, 0.5) is 35.1 Å². The highest BCUT2D eigenvalue weighted by atomic mass is 32.2. The summed E-state index contributed by atoms with van der Waals surface area (Å²) in [6, 6.07) is 4.93. The molecule has 2 aromatic carbocycles. The maximum Gasteiger partial charge on any atom is 0.435 e. The standard InChI is InChI=1S/C30H31F8NO5S/c1-2-43-20-8-10-21(11-9-20)45(41,42)27-15-6-16-39(25(40)26(31)13-4-3-5-14-26)24(27)18-44-23-17-19(7-12-22(23)27)28(32,29(33,34)35)30(36,37)38/h7-12,17,24H,2-6,13-16,18H2,1H3. The van der Waals surface area contributed by atoms with E-state index in [1.54, 1.807) is 6.92 Å². The first-order valence-corrected chi connectivity index (χ1v) is 16.0. The molecule has 45 heavy (non-hydrogen) atoms. The average Bonchev–Trinajstić information content (AvgIpc) is 2.99. The normalized spacial score (nSPS) is 23.8. The van der Waals surface area contributed by atoms with Gasteiger partial charge >= 0.3 is 18.0 Å². The summed E-state index contributed by atoms with van der Waals surface area (Å²) in [7, 11) is -4.64. The Morgan fingerprint density at radius 2 is 1.56 bits per heavy atom. The zero-order valence-electron chi connectivity index (χ0n) is 24.1. The fraction of sp³-hybridized carbons (Fsp3) is 0.567. The highest BCUT2D eigenvalue weighted by Gasteiger charge is 2.74. The van der Waals surface area contributed by atoms with Gasteiger partial charge in [-0.2, -0.15) is 26.3 Å². The van der Waals surface area contributed by atoms with Gasteiger partial charge in [-0.1, -0.05) is 18.6 Å². The highest BCUT2D eigenvalue weighted by molar-refractivity contribution is 7.92. The molecule has 248 valence electrons. The number of rotatable bonds is 6. The van der Waals surface area contributed by atoms with Gasteiger partial charge in [-0.05, 0) is 75.8 Å². The summed E-state index contributed by atoms with van der Waals surface area (Å²) >= 11 is 0. The number of likely N-dealkylation sites (tertiary alicyclic amines) is 1. The van der Waals surface area contributed by atoms with Gasteiger partial charge in [0.1, 0.15) is 22.9 Å². The number of fused-ring (bicyclic) bond motifs is 3. The van der Waals surface area contributed by atoms with Crippen molar-refractivity contribution in [1.29, 1.82) is 0 Å². The van der Waals surface area contributed by atoms with Crippen LogP contribution in [0.3, 0.4) is 0 Å². The van der Waals surface area contributed by atoms with Crippen LogP contribution in [-0.2, 0) is 25.0 Å². The maximum absolute atomic E-state index is 16.0. The van der Waals surface area contributed by atoms with E-state index in [1.807, 2.05) is 0 Å². The summed E-state index contributed by atoms with van der Waals surface area (Å²) in [4.78, 5) is 14.6. The van der Waals surface area contributed by atoms with E-state index >= 15 is 8.78 Å². The number of benzene rings is 2. The van der Waals surface area contributed by atoms with Crippen molar-refractivity contribution in [3.05, 3.63) is 53.6 Å². The minimum Gasteiger partial charge on any atom is -0.494 e. The minimum atomic E-state index is -6.41. The lowest BCUT2D eigenvalue weighted by Gasteiger charge is -2.53. The summed E-state index contributed by atoms with van der Waals surface area (Å²) in [5, 5.41) is 0. The smallest absolute Gasteiger partial charge is 0.435 e. The van der Waals surface area contributed by atoms with Gasteiger partial charge in [0.2, 0.25) is 0 Å². The third-order valence-corrected chi connectivity index (χ3v) is 11.6. The van der Waals surface area contributed by atoms with E-state index in [0.29, 0.717) is 31.1 Å². The van der Waals surface area contributed by atoms with Crippen LogP contribution in [0.25, 0.3) is 0 Å². The van der Waals surface area contributed by atoms with Crippen molar-refractivity contribution in [3.8, 4) is 11.5 Å². The van der Waals surface area contributed by atoms with Crippen LogP contribution in [-0.4, -0.2) is 63.0 Å². The Balaban J connectivity index is 1.70. The van der Waals surface area contributed by atoms with Gasteiger partial charge in [-0.15, -0.1) is 0 Å². The summed E-state index contributed by atoms with van der Waals surface area (Å²) < 4.78 is 151. The van der Waals surface area contributed by atoms with E-state index in [2.05, 4.69) is 0 Å². The number of amides is 1. The molecule has 0 radical (unpaired) electrons. The summed E-state index contributed by atoms with van der Waals surface area (Å²) in [6.07, 6.45) is -11.6. The zero-order chi connectivity index (χ0) is 33.1. The van der Waals surface area contributed by atoms with E-state index in [-0.39, 0.29) is 61.4 Å². The molecule has 5 rings (SSSR count). The van der Waals surface area contributed by atoms with Crippen LogP contribution < -0.4 is 9.47 Å². The zero-order valence-corrected chi connectivity index (χ0v) is 24.9. The molecule has 0 N–H and O–H groups in total. The van der Waals surface area contributed by atoms with Crippen molar-refractivity contribution in [2.24, 2.45) is 0 Å². The second kappa shape index (κ2) is 11.3. The monoisotopic (exact) mass is 669 g/mol. The number of carbonyl (C=O) groups excluding carboxylic acids is 1. The largest absolute Gasteiger partial charge is 0.494 e. The molecular weight excluding hydrogens is 638 g/mol. The van der Waals surface area contributed by atoms with E-state index in [1.165, 1.54) is 24.3 Å². The molecule has 2 atom stereocenters. The number of nitrogens with zero attached hydrogens (tertiary/aromatic N) is 1. The first kappa shape index (κ1) is 33.3. The van der Waals surface area contributed by atoms with Crippen LogP contribution in [0.5, 0.6) is 11.5 Å². The van der Waals surface area contributed by atoms with Crippen LogP contribution in [0.15, 0.2) is 47.4 Å². The van der Waals surface area contributed by atoms with E-state index in [4.69, 9.17) is 9.47 Å². The molecular formula is C30H31F8NO5S. The summed E-state index contributed by atoms with van der Waals surface area (Å²) in [5.74, 6) is -1.33. The first-order chi connectivity index (χ1) is 20.9. The molecule has 0 spiro atoms. The number of carbonyl (C=O) groups is 1. The summed E-state index contributed by atoms with van der Waals surface area (Å²) in [5.41, 5.74) is -10.3. The number of hydrogen-bond donors (Lipinski definition) is 0. The first-order valence-electron chi connectivity index (χ1n) is 14.5. The Morgan fingerprint density at radius 3 is 2.13 bits per heavy atom. The lowest BCUT2D eigenvalue weighted by Crippen LogP contribution is -2.66. The molecule has 6 nitrogen and oxygen atoms in total. The van der Waals surface area contributed by atoms with Gasteiger partial charge < -0.3 is 14.4 Å². The third kappa shape index (κ3) is 5.12. The fourth-order valence-corrected chi connectivity index (χ4v) is 9.20. The van der Waals surface area contributed by atoms with Gasteiger partial charge in [-0.3, -0.25) is 4.79 Å². The topological polar surface area (TPSA) is 72.9 Å². The van der Waals surface area contributed by atoms with Gasteiger partial charge in [0.15, 0.2) is 15.5 Å². The van der Waals surface area contributed by atoms with Crippen LogP contribution in [0.1, 0.15) is 63.0 Å². The van der Waals surface area contributed by atoms with Gasteiger partial charge in [0, 0.05) is 17.7 Å². The molecule has 1 saturated carbocycles. The Bertz CT molecular complexity index is 1520. The molecule has 15 heteroatoms. The summed E-state index contributed by atoms with van der Waals surface area (Å²) in [6.45, 7) is 1.23. The highest BCUT2D eigenvalue weighted by Crippen LogP contribution is 2.57. The lowest BCUT2D eigenvalue weighted by atomic mass is 9.77. The molecule has 2 aromatic rings. The molecule has 1 amide bonds. The predicted octanol–water partition coefficient (Wildman–Crippen LogP) is 7.10. The van der Waals surface area contributed by atoms with E-state index in [0.717, 1.165) is 4.90 Å².